The third-order valence-electron chi connectivity index (χ3n) is 5.08. The summed E-state index contributed by atoms with van der Waals surface area (Å²) in [5.41, 5.74) is 1.76. The summed E-state index contributed by atoms with van der Waals surface area (Å²) in [6, 6.07) is 26.4. The predicted octanol–water partition coefficient (Wildman–Crippen LogP) is 5.14. The van der Waals surface area contributed by atoms with E-state index in [0.717, 1.165) is 22.7 Å². The number of ether oxygens (including phenoxy) is 1. The molecule has 0 aliphatic carbocycles. The van der Waals surface area contributed by atoms with Crippen LogP contribution in [-0.2, 0) is 11.3 Å². The summed E-state index contributed by atoms with van der Waals surface area (Å²) in [7, 11) is 0. The van der Waals surface area contributed by atoms with Crippen molar-refractivity contribution in [2.45, 2.75) is 19.0 Å². The van der Waals surface area contributed by atoms with Crippen LogP contribution >= 0.6 is 12.6 Å². The third kappa shape index (κ3) is 4.66. The Bertz CT molecular complexity index is 1010. The second-order valence-corrected chi connectivity index (χ2v) is 7.56. The van der Waals surface area contributed by atoms with Crippen LogP contribution < -0.4 is 9.64 Å². The molecule has 3 aromatic carbocycles. The van der Waals surface area contributed by atoms with Gasteiger partial charge in [-0.25, -0.2) is 0 Å². The second-order valence-electron chi connectivity index (χ2n) is 7.18. The number of carbonyl (C=O) groups is 2. The Balaban J connectivity index is 1.41. The fourth-order valence-corrected chi connectivity index (χ4v) is 3.93. The smallest absolute Gasteiger partial charge is 0.283 e. The van der Waals surface area contributed by atoms with E-state index in [0.29, 0.717) is 13.1 Å². The van der Waals surface area contributed by atoms with Gasteiger partial charge in [0.15, 0.2) is 0 Å². The van der Waals surface area contributed by atoms with Crippen molar-refractivity contribution in [3.63, 3.8) is 0 Å². The van der Waals surface area contributed by atoms with Crippen LogP contribution in [0, 0.1) is 0 Å². The van der Waals surface area contributed by atoms with Gasteiger partial charge in [-0.3, -0.25) is 14.5 Å². The molecule has 1 unspecified atom stereocenters. The largest absolute Gasteiger partial charge is 0.457 e. The Hall–Kier alpha value is -3.25. The van der Waals surface area contributed by atoms with E-state index in [1.807, 2.05) is 84.9 Å². The molecule has 1 aliphatic heterocycles. The molecule has 3 aromatic rings. The summed E-state index contributed by atoms with van der Waals surface area (Å²) in [6.45, 7) is 0.965. The van der Waals surface area contributed by atoms with Gasteiger partial charge in [0.1, 0.15) is 11.5 Å². The van der Waals surface area contributed by atoms with Gasteiger partial charge in [0.2, 0.25) is 5.91 Å². The first kappa shape index (κ1) is 20.0. The number of benzene rings is 3. The Morgan fingerprint density at radius 2 is 1.53 bits per heavy atom. The summed E-state index contributed by atoms with van der Waals surface area (Å²) >= 11 is 4.03. The summed E-state index contributed by atoms with van der Waals surface area (Å²) < 4.78 is 5.82. The molecule has 0 saturated carbocycles. The number of rotatable bonds is 6. The Morgan fingerprint density at radius 3 is 2.17 bits per heavy atom. The first-order chi connectivity index (χ1) is 14.6. The van der Waals surface area contributed by atoms with E-state index < -0.39 is 0 Å². The highest BCUT2D eigenvalue weighted by molar-refractivity contribution is 7.96. The molecule has 0 bridgehead atoms. The molecule has 30 heavy (non-hydrogen) atoms. The molecule has 4 rings (SSSR count). The minimum atomic E-state index is -0.358. The van der Waals surface area contributed by atoms with Crippen LogP contribution in [0.4, 0.5) is 10.5 Å². The van der Waals surface area contributed by atoms with Gasteiger partial charge >= 0.3 is 0 Å². The first-order valence-electron chi connectivity index (χ1n) is 9.77. The Kier molecular flexibility index (Phi) is 6.05. The zero-order valence-electron chi connectivity index (χ0n) is 16.3. The first-order valence-corrected chi connectivity index (χ1v) is 10.2. The maximum Gasteiger partial charge on any atom is 0.283 e. The highest BCUT2D eigenvalue weighted by Gasteiger charge is 2.35. The van der Waals surface area contributed by atoms with Crippen molar-refractivity contribution < 1.29 is 14.3 Å². The Morgan fingerprint density at radius 1 is 0.933 bits per heavy atom. The van der Waals surface area contributed by atoms with Crippen LogP contribution in [0.5, 0.6) is 11.5 Å². The van der Waals surface area contributed by atoms with E-state index in [2.05, 4.69) is 12.6 Å². The van der Waals surface area contributed by atoms with E-state index in [-0.39, 0.29) is 23.6 Å². The monoisotopic (exact) mass is 418 g/mol. The minimum Gasteiger partial charge on any atom is -0.457 e. The lowest BCUT2D eigenvalue weighted by Gasteiger charge is -2.27. The molecule has 6 heteroatoms. The number of hydrogen-bond acceptors (Lipinski definition) is 3. The average Bonchev–Trinajstić information content (AvgIpc) is 3.10. The highest BCUT2D eigenvalue weighted by atomic mass is 32.1. The van der Waals surface area contributed by atoms with Crippen LogP contribution in [0.2, 0.25) is 0 Å². The van der Waals surface area contributed by atoms with Gasteiger partial charge in [0.25, 0.3) is 5.24 Å². The topological polar surface area (TPSA) is 49.9 Å². The fourth-order valence-electron chi connectivity index (χ4n) is 3.65. The van der Waals surface area contributed by atoms with Gasteiger partial charge in [-0.1, -0.05) is 61.2 Å². The zero-order valence-corrected chi connectivity index (χ0v) is 17.2. The quantitative estimate of drug-likeness (QED) is 0.564. The molecule has 1 fully saturated rings. The normalized spacial score (nSPS) is 15.8. The number of thiol groups is 1. The molecule has 5 nitrogen and oxygen atoms in total. The van der Waals surface area contributed by atoms with Gasteiger partial charge in [0.05, 0.1) is 6.04 Å². The van der Waals surface area contributed by atoms with Crippen molar-refractivity contribution >= 4 is 29.5 Å². The summed E-state index contributed by atoms with van der Waals surface area (Å²) in [5.74, 6) is 1.55. The summed E-state index contributed by atoms with van der Waals surface area (Å²) in [5, 5.41) is -0.358. The highest BCUT2D eigenvalue weighted by Crippen LogP contribution is 2.27. The number of carbonyl (C=O) groups excluding carboxylic acids is 2. The fraction of sp³-hybridized carbons (Fsp3) is 0.167. The molecule has 0 spiro atoms. The van der Waals surface area contributed by atoms with Crippen molar-refractivity contribution in [2.75, 3.05) is 11.4 Å². The van der Waals surface area contributed by atoms with E-state index >= 15 is 0 Å². The molecular formula is C24H22N2O3S. The standard InChI is InChI=1S/C24H22N2O3S/c27-23-15-20(26(24(28)30)19-7-3-1-4-8-19)17-25(23)16-18-11-13-22(14-12-18)29-21-9-5-2-6-10-21/h1-14,20H,15-17H2,(H,28,30). The number of amides is 2. The molecular weight excluding hydrogens is 396 g/mol. The van der Waals surface area contributed by atoms with Crippen molar-refractivity contribution in [3.05, 3.63) is 90.5 Å². The van der Waals surface area contributed by atoms with Gasteiger partial charge in [-0.2, -0.15) is 0 Å². The van der Waals surface area contributed by atoms with Crippen molar-refractivity contribution in [1.82, 2.24) is 4.90 Å². The molecule has 1 saturated heterocycles. The van der Waals surface area contributed by atoms with Crippen LogP contribution in [0.3, 0.4) is 0 Å². The molecule has 1 atom stereocenters. The van der Waals surface area contributed by atoms with Crippen LogP contribution in [-0.4, -0.2) is 28.6 Å². The molecule has 1 aliphatic rings. The Labute approximate surface area is 181 Å². The van der Waals surface area contributed by atoms with Crippen LogP contribution in [0.15, 0.2) is 84.9 Å². The second kappa shape index (κ2) is 9.05. The number of hydrogen-bond donors (Lipinski definition) is 1. The summed E-state index contributed by atoms with van der Waals surface area (Å²) in [4.78, 5) is 28.1. The van der Waals surface area contributed by atoms with Crippen molar-refractivity contribution in [3.8, 4) is 11.5 Å². The molecule has 0 aromatic heterocycles. The lowest BCUT2D eigenvalue weighted by molar-refractivity contribution is -0.128. The lowest BCUT2D eigenvalue weighted by atomic mass is 10.2. The van der Waals surface area contributed by atoms with E-state index in [4.69, 9.17) is 4.74 Å². The van der Waals surface area contributed by atoms with Crippen molar-refractivity contribution in [1.29, 1.82) is 0 Å². The van der Waals surface area contributed by atoms with E-state index in [9.17, 15) is 9.59 Å². The van der Waals surface area contributed by atoms with E-state index in [1.54, 1.807) is 9.80 Å². The number of para-hydroxylation sites is 2. The molecule has 0 radical (unpaired) electrons. The average molecular weight is 419 g/mol. The molecule has 1 heterocycles. The number of nitrogens with zero attached hydrogens (tertiary/aromatic N) is 2. The summed E-state index contributed by atoms with van der Waals surface area (Å²) in [6.07, 6.45) is 0.288. The van der Waals surface area contributed by atoms with Gasteiger partial charge in [-0.05, 0) is 42.0 Å². The van der Waals surface area contributed by atoms with Gasteiger partial charge < -0.3 is 9.64 Å². The molecule has 0 N–H and O–H groups in total. The predicted molar refractivity (Wildman–Crippen MR) is 120 cm³/mol. The maximum absolute atomic E-state index is 12.6. The van der Waals surface area contributed by atoms with Crippen molar-refractivity contribution in [2.24, 2.45) is 0 Å². The minimum absolute atomic E-state index is 0.0279. The lowest BCUT2D eigenvalue weighted by Crippen LogP contribution is -2.39. The SMILES string of the molecule is O=C1CC(N(C(=O)S)c2ccccc2)CN1Cc1ccc(Oc2ccccc2)cc1. The van der Waals surface area contributed by atoms with Crippen LogP contribution in [0.25, 0.3) is 0 Å². The van der Waals surface area contributed by atoms with Gasteiger partial charge in [-0.15, -0.1) is 0 Å². The maximum atomic E-state index is 12.6. The van der Waals surface area contributed by atoms with Crippen LogP contribution in [0.1, 0.15) is 12.0 Å². The molecule has 152 valence electrons. The molecule has 2 amide bonds. The number of likely N-dealkylation sites (tertiary alicyclic amines) is 1. The number of anilines is 1. The third-order valence-corrected chi connectivity index (χ3v) is 5.29. The zero-order chi connectivity index (χ0) is 20.9. The van der Waals surface area contributed by atoms with Gasteiger partial charge in [0, 0.05) is 25.2 Å². The van der Waals surface area contributed by atoms with E-state index in [1.165, 1.54) is 0 Å².